The number of benzene rings is 1. The minimum atomic E-state index is -0.0812. The molecule has 2 rings (SSSR count). The average Bonchev–Trinajstić information content (AvgIpc) is 2.64. The van der Waals surface area contributed by atoms with Crippen molar-refractivity contribution in [2.75, 3.05) is 27.3 Å². The molecule has 0 atom stereocenters. The highest BCUT2D eigenvalue weighted by Gasteiger charge is 2.35. The van der Waals surface area contributed by atoms with Crippen LogP contribution in [0.2, 0.25) is 0 Å². The van der Waals surface area contributed by atoms with Gasteiger partial charge in [-0.2, -0.15) is 0 Å². The normalized spacial score (nSPS) is 16.3. The summed E-state index contributed by atoms with van der Waals surface area (Å²) in [6.07, 6.45) is 6.73. The maximum Gasteiger partial charge on any atom is 0.314 e. The largest absolute Gasteiger partial charge is 0.493 e. The Morgan fingerprint density at radius 1 is 1.08 bits per heavy atom. The fraction of sp³-hybridized carbons (Fsp3) is 0.632. The molecule has 24 heavy (non-hydrogen) atoms. The fourth-order valence-corrected chi connectivity index (χ4v) is 3.51. The number of rotatable bonds is 7. The molecule has 0 heterocycles. The third-order valence-electron chi connectivity index (χ3n) is 4.93. The summed E-state index contributed by atoms with van der Waals surface area (Å²) in [6, 6.07) is 6.05. The predicted octanol–water partition coefficient (Wildman–Crippen LogP) is 3.61. The SMILES string of the molecule is CCCNC(=O)NCC1(c2ccc(OC)c(OC)c2)CCCCC1. The molecule has 0 saturated heterocycles. The molecule has 5 heteroatoms. The number of urea groups is 1. The summed E-state index contributed by atoms with van der Waals surface area (Å²) in [5.41, 5.74) is 1.19. The molecule has 1 aliphatic carbocycles. The van der Waals surface area contributed by atoms with Gasteiger partial charge >= 0.3 is 6.03 Å². The Morgan fingerprint density at radius 3 is 2.42 bits per heavy atom. The first kappa shape index (κ1) is 18.4. The molecule has 0 aromatic heterocycles. The molecule has 2 N–H and O–H groups in total. The summed E-state index contributed by atoms with van der Waals surface area (Å²) in [4.78, 5) is 12.0. The average molecular weight is 334 g/mol. The van der Waals surface area contributed by atoms with Crippen molar-refractivity contribution in [1.29, 1.82) is 0 Å². The Morgan fingerprint density at radius 2 is 1.79 bits per heavy atom. The lowest BCUT2D eigenvalue weighted by atomic mass is 9.69. The summed E-state index contributed by atoms with van der Waals surface area (Å²) in [5, 5.41) is 5.96. The molecule has 134 valence electrons. The van der Waals surface area contributed by atoms with Crippen LogP contribution >= 0.6 is 0 Å². The fourth-order valence-electron chi connectivity index (χ4n) is 3.51. The summed E-state index contributed by atoms with van der Waals surface area (Å²) < 4.78 is 10.8. The zero-order chi connectivity index (χ0) is 17.4. The molecule has 0 aliphatic heterocycles. The lowest BCUT2D eigenvalue weighted by molar-refractivity contribution is 0.229. The zero-order valence-electron chi connectivity index (χ0n) is 15.1. The van der Waals surface area contributed by atoms with Crippen molar-refractivity contribution in [1.82, 2.24) is 10.6 Å². The predicted molar refractivity (Wildman–Crippen MR) is 96.0 cm³/mol. The number of methoxy groups -OCH3 is 2. The second-order valence-electron chi connectivity index (χ2n) is 6.52. The molecule has 1 aliphatic rings. The molecule has 1 saturated carbocycles. The summed E-state index contributed by atoms with van der Waals surface area (Å²) in [6.45, 7) is 3.40. The van der Waals surface area contributed by atoms with Crippen LogP contribution in [0.1, 0.15) is 51.0 Å². The van der Waals surface area contributed by atoms with Gasteiger partial charge in [-0.25, -0.2) is 4.79 Å². The van der Waals surface area contributed by atoms with Gasteiger partial charge < -0.3 is 20.1 Å². The van der Waals surface area contributed by atoms with Crippen molar-refractivity contribution in [3.8, 4) is 11.5 Å². The van der Waals surface area contributed by atoms with Crippen LogP contribution in [0.4, 0.5) is 4.79 Å². The molecule has 0 radical (unpaired) electrons. The minimum absolute atomic E-state index is 0.0264. The highest BCUT2D eigenvalue weighted by Crippen LogP contribution is 2.41. The lowest BCUT2D eigenvalue weighted by Crippen LogP contribution is -2.45. The second-order valence-corrected chi connectivity index (χ2v) is 6.52. The summed E-state index contributed by atoms with van der Waals surface area (Å²) in [5.74, 6) is 1.48. The van der Waals surface area contributed by atoms with Gasteiger partial charge in [-0.3, -0.25) is 0 Å². The van der Waals surface area contributed by atoms with Gasteiger partial charge in [0.25, 0.3) is 0 Å². The molecule has 2 amide bonds. The molecular weight excluding hydrogens is 304 g/mol. The van der Waals surface area contributed by atoms with Gasteiger partial charge in [0.1, 0.15) is 0 Å². The van der Waals surface area contributed by atoms with Crippen LogP contribution in [0.15, 0.2) is 18.2 Å². The van der Waals surface area contributed by atoms with Gasteiger partial charge in [-0.15, -0.1) is 0 Å². The van der Waals surface area contributed by atoms with Gasteiger partial charge in [0, 0.05) is 18.5 Å². The summed E-state index contributed by atoms with van der Waals surface area (Å²) >= 11 is 0. The van der Waals surface area contributed by atoms with E-state index in [1.54, 1.807) is 14.2 Å². The minimum Gasteiger partial charge on any atom is -0.493 e. The van der Waals surface area contributed by atoms with Crippen LogP contribution in [0, 0.1) is 0 Å². The van der Waals surface area contributed by atoms with E-state index in [0.717, 1.165) is 30.8 Å². The standard InChI is InChI=1S/C19H30N2O3/c1-4-12-20-18(22)21-14-19(10-6-5-7-11-19)15-8-9-16(23-2)17(13-15)24-3/h8-9,13H,4-7,10-12,14H2,1-3H3,(H2,20,21,22). The number of carbonyl (C=O) groups is 1. The Hall–Kier alpha value is -1.91. The third-order valence-corrected chi connectivity index (χ3v) is 4.93. The van der Waals surface area contributed by atoms with Crippen LogP contribution < -0.4 is 20.1 Å². The van der Waals surface area contributed by atoms with Crippen molar-refractivity contribution in [2.24, 2.45) is 0 Å². The van der Waals surface area contributed by atoms with E-state index in [9.17, 15) is 4.79 Å². The van der Waals surface area contributed by atoms with Gasteiger partial charge in [-0.1, -0.05) is 32.3 Å². The zero-order valence-corrected chi connectivity index (χ0v) is 15.1. The molecule has 1 fully saturated rings. The van der Waals surface area contributed by atoms with Gasteiger partial charge in [0.05, 0.1) is 14.2 Å². The van der Waals surface area contributed by atoms with E-state index in [4.69, 9.17) is 9.47 Å². The molecule has 0 unspecified atom stereocenters. The lowest BCUT2D eigenvalue weighted by Gasteiger charge is -2.38. The number of hydrogen-bond acceptors (Lipinski definition) is 3. The van der Waals surface area contributed by atoms with Crippen LogP contribution in [0.3, 0.4) is 0 Å². The van der Waals surface area contributed by atoms with E-state index in [2.05, 4.69) is 22.8 Å². The van der Waals surface area contributed by atoms with Gasteiger partial charge in [0.2, 0.25) is 0 Å². The first-order valence-electron chi connectivity index (χ1n) is 8.89. The van der Waals surface area contributed by atoms with Crippen molar-refractivity contribution in [3.63, 3.8) is 0 Å². The van der Waals surface area contributed by atoms with Crippen LogP contribution in [-0.2, 0) is 5.41 Å². The molecular formula is C19H30N2O3. The third kappa shape index (κ3) is 4.34. The van der Waals surface area contributed by atoms with Crippen molar-refractivity contribution >= 4 is 6.03 Å². The molecule has 0 bridgehead atoms. The highest BCUT2D eigenvalue weighted by molar-refractivity contribution is 5.74. The Balaban J connectivity index is 2.19. The maximum absolute atomic E-state index is 12.0. The van der Waals surface area contributed by atoms with E-state index >= 15 is 0 Å². The Kier molecular flexibility index (Phi) is 6.76. The van der Waals surface area contributed by atoms with E-state index in [-0.39, 0.29) is 11.4 Å². The van der Waals surface area contributed by atoms with E-state index < -0.39 is 0 Å². The number of hydrogen-bond donors (Lipinski definition) is 2. The topological polar surface area (TPSA) is 59.6 Å². The molecule has 5 nitrogen and oxygen atoms in total. The first-order chi connectivity index (χ1) is 11.6. The van der Waals surface area contributed by atoms with E-state index in [1.807, 2.05) is 13.0 Å². The van der Waals surface area contributed by atoms with Gasteiger partial charge in [-0.05, 0) is 37.0 Å². The highest BCUT2D eigenvalue weighted by atomic mass is 16.5. The monoisotopic (exact) mass is 334 g/mol. The Bertz CT molecular complexity index is 539. The number of carbonyl (C=O) groups excluding carboxylic acids is 1. The van der Waals surface area contributed by atoms with E-state index in [1.165, 1.54) is 24.8 Å². The smallest absolute Gasteiger partial charge is 0.314 e. The Labute approximate surface area is 145 Å². The van der Waals surface area contributed by atoms with Crippen LogP contribution in [0.5, 0.6) is 11.5 Å². The van der Waals surface area contributed by atoms with Crippen molar-refractivity contribution < 1.29 is 14.3 Å². The molecule has 0 spiro atoms. The van der Waals surface area contributed by atoms with Gasteiger partial charge in [0.15, 0.2) is 11.5 Å². The van der Waals surface area contributed by atoms with E-state index in [0.29, 0.717) is 13.1 Å². The second kappa shape index (κ2) is 8.81. The molecule has 1 aromatic rings. The van der Waals surface area contributed by atoms with Crippen molar-refractivity contribution in [3.05, 3.63) is 23.8 Å². The first-order valence-corrected chi connectivity index (χ1v) is 8.89. The summed E-state index contributed by atoms with van der Waals surface area (Å²) in [7, 11) is 3.30. The van der Waals surface area contributed by atoms with Crippen LogP contribution in [-0.4, -0.2) is 33.3 Å². The number of nitrogens with one attached hydrogen (secondary N) is 2. The van der Waals surface area contributed by atoms with Crippen molar-refractivity contribution in [2.45, 2.75) is 50.9 Å². The number of ether oxygens (including phenoxy) is 2. The maximum atomic E-state index is 12.0. The van der Waals surface area contributed by atoms with Crippen LogP contribution in [0.25, 0.3) is 0 Å². The molecule has 1 aromatic carbocycles. The number of amides is 2. The quantitative estimate of drug-likeness (QED) is 0.801.